The van der Waals surface area contributed by atoms with Gasteiger partial charge in [-0.15, -0.1) is 21.5 Å². The molecule has 2 amide bonds. The third-order valence-corrected chi connectivity index (χ3v) is 8.58. The van der Waals surface area contributed by atoms with Crippen molar-refractivity contribution in [1.82, 2.24) is 20.1 Å². The Morgan fingerprint density at radius 3 is 2.51 bits per heavy atom. The molecule has 0 aliphatic heterocycles. The lowest BCUT2D eigenvalue weighted by molar-refractivity contribution is -0.115. The van der Waals surface area contributed by atoms with E-state index >= 15 is 0 Å². The Morgan fingerprint density at radius 1 is 1.13 bits per heavy atom. The molecule has 0 saturated carbocycles. The SMILES string of the molecule is CCOC(=O)c1c(NC(=O)[C@H](C)Sc2nnc(CNC(=O)c3cc(OC)cc(OC)c3)n2C)sc2c1CCC2. The number of fused-ring (bicyclic) bond motifs is 1. The van der Waals surface area contributed by atoms with Crippen molar-refractivity contribution in [1.29, 1.82) is 0 Å². The van der Waals surface area contributed by atoms with Crippen molar-refractivity contribution in [3.8, 4) is 11.5 Å². The quantitative estimate of drug-likeness (QED) is 0.261. The van der Waals surface area contributed by atoms with Gasteiger partial charge in [-0.05, 0) is 50.8 Å². The number of aryl methyl sites for hydroxylation is 1. The second kappa shape index (κ2) is 12.5. The lowest BCUT2D eigenvalue weighted by Gasteiger charge is -2.12. The highest BCUT2D eigenvalue weighted by Crippen LogP contribution is 2.40. The molecule has 0 saturated heterocycles. The fourth-order valence-electron chi connectivity index (χ4n) is 4.14. The average Bonchev–Trinajstić information content (AvgIpc) is 3.61. The number of nitrogens with zero attached hydrogens (tertiary/aromatic N) is 3. The van der Waals surface area contributed by atoms with E-state index in [1.165, 1.54) is 37.3 Å². The van der Waals surface area contributed by atoms with Gasteiger partial charge in [0.2, 0.25) is 5.91 Å². The van der Waals surface area contributed by atoms with Crippen LogP contribution < -0.4 is 20.1 Å². The number of esters is 1. The summed E-state index contributed by atoms with van der Waals surface area (Å²) >= 11 is 2.68. The molecule has 1 aliphatic rings. The van der Waals surface area contributed by atoms with E-state index in [2.05, 4.69) is 20.8 Å². The molecule has 1 aliphatic carbocycles. The second-order valence-electron chi connectivity index (χ2n) is 8.77. The van der Waals surface area contributed by atoms with Crippen LogP contribution in [-0.4, -0.2) is 58.6 Å². The number of amides is 2. The predicted octanol–water partition coefficient (Wildman–Crippen LogP) is 3.61. The molecular weight excluding hydrogens is 542 g/mol. The van der Waals surface area contributed by atoms with Crippen molar-refractivity contribution in [3.63, 3.8) is 0 Å². The minimum absolute atomic E-state index is 0.132. The number of carbonyl (C=O) groups excluding carboxylic acids is 3. The van der Waals surface area contributed by atoms with Crippen LogP contribution >= 0.6 is 23.1 Å². The minimum Gasteiger partial charge on any atom is -0.497 e. The van der Waals surface area contributed by atoms with Gasteiger partial charge in [-0.25, -0.2) is 4.79 Å². The van der Waals surface area contributed by atoms with Crippen molar-refractivity contribution in [2.24, 2.45) is 7.05 Å². The van der Waals surface area contributed by atoms with Crippen LogP contribution in [0.3, 0.4) is 0 Å². The van der Waals surface area contributed by atoms with E-state index in [4.69, 9.17) is 14.2 Å². The van der Waals surface area contributed by atoms with Gasteiger partial charge in [-0.3, -0.25) is 9.59 Å². The Bertz CT molecular complexity index is 1360. The lowest BCUT2D eigenvalue weighted by atomic mass is 10.1. The Hall–Kier alpha value is -3.58. The first-order valence-electron chi connectivity index (χ1n) is 12.4. The maximum Gasteiger partial charge on any atom is 0.341 e. The van der Waals surface area contributed by atoms with E-state index in [0.717, 1.165) is 29.7 Å². The summed E-state index contributed by atoms with van der Waals surface area (Å²) in [6, 6.07) is 4.92. The molecule has 4 rings (SSSR count). The summed E-state index contributed by atoms with van der Waals surface area (Å²) in [6.07, 6.45) is 2.71. The number of methoxy groups -OCH3 is 2. The maximum atomic E-state index is 13.1. The van der Waals surface area contributed by atoms with Crippen LogP contribution in [0.15, 0.2) is 23.4 Å². The van der Waals surface area contributed by atoms with E-state index in [1.807, 2.05) is 0 Å². The second-order valence-corrected chi connectivity index (χ2v) is 11.2. The highest BCUT2D eigenvalue weighted by Gasteiger charge is 2.29. The summed E-state index contributed by atoms with van der Waals surface area (Å²) in [4.78, 5) is 39.5. The predicted molar refractivity (Wildman–Crippen MR) is 148 cm³/mol. The smallest absolute Gasteiger partial charge is 0.341 e. The van der Waals surface area contributed by atoms with Gasteiger partial charge in [0.25, 0.3) is 5.91 Å². The van der Waals surface area contributed by atoms with Gasteiger partial charge in [0.15, 0.2) is 11.0 Å². The zero-order chi connectivity index (χ0) is 28.1. The molecule has 0 spiro atoms. The van der Waals surface area contributed by atoms with Crippen LogP contribution in [0.1, 0.15) is 57.2 Å². The van der Waals surface area contributed by atoms with Gasteiger partial charge in [-0.1, -0.05) is 11.8 Å². The number of thiophene rings is 1. The first kappa shape index (κ1) is 28.4. The fourth-order valence-corrected chi connectivity index (χ4v) is 6.25. The average molecular weight is 574 g/mol. The number of hydrogen-bond acceptors (Lipinski definition) is 10. The molecule has 13 heteroatoms. The van der Waals surface area contributed by atoms with Crippen LogP contribution in [0.2, 0.25) is 0 Å². The van der Waals surface area contributed by atoms with Crippen molar-refractivity contribution in [2.75, 3.05) is 26.1 Å². The van der Waals surface area contributed by atoms with Gasteiger partial charge in [0.1, 0.15) is 16.5 Å². The highest BCUT2D eigenvalue weighted by atomic mass is 32.2. The number of ether oxygens (including phenoxy) is 3. The number of benzene rings is 1. The first-order chi connectivity index (χ1) is 18.7. The molecule has 2 heterocycles. The third kappa shape index (κ3) is 6.36. The summed E-state index contributed by atoms with van der Waals surface area (Å²) in [5, 5.41) is 14.6. The van der Waals surface area contributed by atoms with Crippen molar-refractivity contribution < 1.29 is 28.6 Å². The lowest BCUT2D eigenvalue weighted by Crippen LogP contribution is -2.25. The summed E-state index contributed by atoms with van der Waals surface area (Å²) < 4.78 is 17.4. The topological polar surface area (TPSA) is 134 Å². The number of thioether (sulfide) groups is 1. The van der Waals surface area contributed by atoms with Gasteiger partial charge >= 0.3 is 5.97 Å². The maximum absolute atomic E-state index is 13.1. The van der Waals surface area contributed by atoms with Crippen LogP contribution in [0.5, 0.6) is 11.5 Å². The van der Waals surface area contributed by atoms with Crippen LogP contribution in [0.4, 0.5) is 5.00 Å². The Morgan fingerprint density at radius 2 is 1.85 bits per heavy atom. The fraction of sp³-hybridized carbons (Fsp3) is 0.423. The molecule has 0 bridgehead atoms. The molecule has 3 aromatic rings. The third-order valence-electron chi connectivity index (χ3n) is 6.23. The van der Waals surface area contributed by atoms with Crippen molar-refractivity contribution in [3.05, 3.63) is 45.6 Å². The number of anilines is 1. The van der Waals surface area contributed by atoms with Gasteiger partial charge < -0.3 is 29.4 Å². The number of hydrogen-bond donors (Lipinski definition) is 2. The highest BCUT2D eigenvalue weighted by molar-refractivity contribution is 8.00. The molecule has 2 aromatic heterocycles. The van der Waals surface area contributed by atoms with Crippen molar-refractivity contribution in [2.45, 2.75) is 50.1 Å². The van der Waals surface area contributed by atoms with Gasteiger partial charge in [0, 0.05) is 23.6 Å². The number of nitrogens with one attached hydrogen (secondary N) is 2. The summed E-state index contributed by atoms with van der Waals surface area (Å²) in [7, 11) is 4.80. The van der Waals surface area contributed by atoms with E-state index in [9.17, 15) is 14.4 Å². The molecule has 39 heavy (non-hydrogen) atoms. The van der Waals surface area contributed by atoms with Gasteiger partial charge in [-0.2, -0.15) is 0 Å². The van der Waals surface area contributed by atoms with E-state index in [1.54, 1.807) is 43.7 Å². The standard InChI is InChI=1S/C26H31N5O6S2/c1-6-37-25(34)21-18-8-7-9-19(18)39-24(21)28-22(32)14(2)38-26-30-29-20(31(26)3)13-27-23(33)15-10-16(35-4)12-17(11-15)36-5/h10-12,14H,6-9,13H2,1-5H3,(H,27,33)(H,28,32)/t14-/m0/s1. The molecule has 208 valence electrons. The summed E-state index contributed by atoms with van der Waals surface area (Å²) in [5.41, 5.74) is 1.85. The molecule has 1 atom stereocenters. The molecule has 1 aromatic carbocycles. The van der Waals surface area contributed by atoms with Crippen LogP contribution in [0.25, 0.3) is 0 Å². The Kier molecular flexibility index (Phi) is 9.12. The van der Waals surface area contributed by atoms with E-state index in [-0.39, 0.29) is 25.0 Å². The Labute approximate surface area is 234 Å². The van der Waals surface area contributed by atoms with E-state index in [0.29, 0.717) is 38.6 Å². The molecule has 0 unspecified atom stereocenters. The first-order valence-corrected chi connectivity index (χ1v) is 14.1. The van der Waals surface area contributed by atoms with Crippen LogP contribution in [0, 0.1) is 0 Å². The zero-order valence-corrected chi connectivity index (χ0v) is 24.1. The zero-order valence-electron chi connectivity index (χ0n) is 22.5. The number of aromatic nitrogens is 3. The Balaban J connectivity index is 1.39. The molecule has 11 nitrogen and oxygen atoms in total. The number of carbonyl (C=O) groups is 3. The molecular formula is C26H31N5O6S2. The summed E-state index contributed by atoms with van der Waals surface area (Å²) in [6.45, 7) is 3.92. The summed E-state index contributed by atoms with van der Waals surface area (Å²) in [5.74, 6) is 0.552. The molecule has 2 N–H and O–H groups in total. The van der Waals surface area contributed by atoms with Crippen molar-refractivity contribution >= 4 is 45.9 Å². The van der Waals surface area contributed by atoms with Crippen LogP contribution in [-0.2, 0) is 36.0 Å². The molecule has 0 radical (unpaired) electrons. The number of rotatable bonds is 11. The van der Waals surface area contributed by atoms with E-state index < -0.39 is 11.2 Å². The van der Waals surface area contributed by atoms with Gasteiger partial charge in [0.05, 0.1) is 38.2 Å². The minimum atomic E-state index is -0.522. The monoisotopic (exact) mass is 573 g/mol. The largest absolute Gasteiger partial charge is 0.497 e. The normalized spacial score (nSPS) is 12.9. The molecule has 0 fully saturated rings.